The van der Waals surface area contributed by atoms with E-state index in [0.29, 0.717) is 11.3 Å². The molecule has 1 aliphatic heterocycles. The van der Waals surface area contributed by atoms with E-state index < -0.39 is 11.9 Å². The van der Waals surface area contributed by atoms with Gasteiger partial charge in [-0.2, -0.15) is 5.26 Å². The monoisotopic (exact) mass is 273 g/mol. The third kappa shape index (κ3) is 2.59. The van der Waals surface area contributed by atoms with Gasteiger partial charge in [-0.1, -0.05) is 0 Å². The molecule has 0 unspecified atom stereocenters. The van der Waals surface area contributed by atoms with Crippen LogP contribution >= 0.6 is 0 Å². The lowest BCUT2D eigenvalue weighted by atomic mass is 10.1. The number of anilines is 1. The maximum absolute atomic E-state index is 11.9. The highest BCUT2D eigenvalue weighted by molar-refractivity contribution is 6.05. The van der Waals surface area contributed by atoms with Crippen LogP contribution in [0.3, 0.4) is 0 Å². The standard InChI is InChI=1S/C13H11N3O4/c14-3-4-15-11(17)7-16-10-2-1-8(13(19)20)5-9(10)6-12(16)18/h1-2,5H,4,6-7H2,(H,15,17)(H,19,20). The van der Waals surface area contributed by atoms with E-state index >= 15 is 0 Å². The predicted octanol–water partition coefficient (Wildman–Crippen LogP) is -0.0863. The van der Waals surface area contributed by atoms with E-state index in [1.165, 1.54) is 23.1 Å². The minimum atomic E-state index is -1.06. The number of fused-ring (bicyclic) bond motifs is 1. The minimum Gasteiger partial charge on any atom is -0.478 e. The molecule has 1 heterocycles. The van der Waals surface area contributed by atoms with Crippen molar-refractivity contribution >= 4 is 23.5 Å². The van der Waals surface area contributed by atoms with Gasteiger partial charge in [0.05, 0.1) is 18.1 Å². The highest BCUT2D eigenvalue weighted by Crippen LogP contribution is 2.29. The molecule has 2 N–H and O–H groups in total. The number of nitrogens with one attached hydrogen (secondary N) is 1. The fraction of sp³-hybridized carbons (Fsp3) is 0.231. The van der Waals surface area contributed by atoms with Crippen molar-refractivity contribution in [2.45, 2.75) is 6.42 Å². The van der Waals surface area contributed by atoms with E-state index in [1.807, 2.05) is 0 Å². The van der Waals surface area contributed by atoms with Crippen molar-refractivity contribution in [1.82, 2.24) is 5.32 Å². The van der Waals surface area contributed by atoms with Crippen LogP contribution < -0.4 is 10.2 Å². The van der Waals surface area contributed by atoms with Crippen LogP contribution in [0, 0.1) is 11.3 Å². The summed E-state index contributed by atoms with van der Waals surface area (Å²) in [6.45, 7) is -0.300. The largest absolute Gasteiger partial charge is 0.478 e. The van der Waals surface area contributed by atoms with Gasteiger partial charge in [-0.25, -0.2) is 4.79 Å². The second-order valence-electron chi connectivity index (χ2n) is 4.24. The Bertz CT molecular complexity index is 633. The van der Waals surface area contributed by atoms with Crippen molar-refractivity contribution in [3.8, 4) is 6.07 Å². The van der Waals surface area contributed by atoms with Gasteiger partial charge in [-0.15, -0.1) is 0 Å². The Hall–Kier alpha value is -2.88. The fourth-order valence-corrected chi connectivity index (χ4v) is 2.03. The number of carbonyl (C=O) groups is 3. The second kappa shape index (κ2) is 5.40. The third-order valence-electron chi connectivity index (χ3n) is 2.93. The number of benzene rings is 1. The van der Waals surface area contributed by atoms with Gasteiger partial charge in [0, 0.05) is 5.69 Å². The van der Waals surface area contributed by atoms with Crippen molar-refractivity contribution in [3.63, 3.8) is 0 Å². The number of carboxylic acid groups (broad SMARTS) is 1. The number of carboxylic acids is 1. The smallest absolute Gasteiger partial charge is 0.335 e. The van der Waals surface area contributed by atoms with Crippen LogP contribution in [0.5, 0.6) is 0 Å². The van der Waals surface area contributed by atoms with Gasteiger partial charge in [0.2, 0.25) is 11.8 Å². The topological polar surface area (TPSA) is 111 Å². The van der Waals surface area contributed by atoms with Crippen LogP contribution in [0.1, 0.15) is 15.9 Å². The summed E-state index contributed by atoms with van der Waals surface area (Å²) in [4.78, 5) is 35.5. The van der Waals surface area contributed by atoms with Crippen LogP contribution in [0.15, 0.2) is 18.2 Å². The molecule has 1 aromatic carbocycles. The minimum absolute atomic E-state index is 0.0714. The molecular weight excluding hydrogens is 262 g/mol. The molecule has 0 aliphatic carbocycles. The molecule has 0 radical (unpaired) electrons. The highest BCUT2D eigenvalue weighted by Gasteiger charge is 2.29. The number of carbonyl (C=O) groups excluding carboxylic acids is 2. The molecule has 102 valence electrons. The first-order valence-electron chi connectivity index (χ1n) is 5.83. The molecular formula is C13H11N3O4. The van der Waals surface area contributed by atoms with Gasteiger partial charge in [0.15, 0.2) is 0 Å². The molecule has 1 aliphatic rings. The van der Waals surface area contributed by atoms with E-state index in [9.17, 15) is 14.4 Å². The van der Waals surface area contributed by atoms with Crippen LogP contribution in [-0.2, 0) is 16.0 Å². The predicted molar refractivity (Wildman–Crippen MR) is 68.1 cm³/mol. The lowest BCUT2D eigenvalue weighted by Crippen LogP contribution is -2.39. The molecule has 2 rings (SSSR count). The molecule has 1 aromatic rings. The Kier molecular flexibility index (Phi) is 3.66. The molecule has 0 bridgehead atoms. The molecule has 0 aromatic heterocycles. The summed E-state index contributed by atoms with van der Waals surface area (Å²) in [5.41, 5.74) is 1.22. The Labute approximate surface area is 114 Å². The summed E-state index contributed by atoms with van der Waals surface area (Å²) in [5.74, 6) is -1.77. The van der Waals surface area contributed by atoms with Crippen LogP contribution in [0.2, 0.25) is 0 Å². The maximum Gasteiger partial charge on any atom is 0.335 e. The zero-order chi connectivity index (χ0) is 14.7. The summed E-state index contributed by atoms with van der Waals surface area (Å²) in [6.07, 6.45) is 0.0714. The SMILES string of the molecule is N#CCNC(=O)CN1C(=O)Cc2cc(C(=O)O)ccc21. The third-order valence-corrected chi connectivity index (χ3v) is 2.93. The molecule has 0 fully saturated rings. The first-order valence-corrected chi connectivity index (χ1v) is 5.83. The number of nitrogens with zero attached hydrogens (tertiary/aromatic N) is 2. The Balaban J connectivity index is 2.19. The van der Waals surface area contributed by atoms with E-state index in [2.05, 4.69) is 5.32 Å². The van der Waals surface area contributed by atoms with Crippen molar-refractivity contribution in [2.24, 2.45) is 0 Å². The highest BCUT2D eigenvalue weighted by atomic mass is 16.4. The van der Waals surface area contributed by atoms with Crippen molar-refractivity contribution in [2.75, 3.05) is 18.0 Å². The van der Waals surface area contributed by atoms with Gasteiger partial charge >= 0.3 is 5.97 Å². The quantitative estimate of drug-likeness (QED) is 0.745. The second-order valence-corrected chi connectivity index (χ2v) is 4.24. The molecule has 0 spiro atoms. The molecule has 7 heteroatoms. The van der Waals surface area contributed by atoms with Crippen LogP contribution in [0.4, 0.5) is 5.69 Å². The lowest BCUT2D eigenvalue weighted by Gasteiger charge is -2.16. The van der Waals surface area contributed by atoms with E-state index in [0.717, 1.165) is 0 Å². The first kappa shape index (κ1) is 13.5. The average Bonchev–Trinajstić information content (AvgIpc) is 2.72. The molecule has 0 saturated carbocycles. The zero-order valence-electron chi connectivity index (χ0n) is 10.4. The normalized spacial score (nSPS) is 12.8. The number of rotatable bonds is 4. The molecule has 20 heavy (non-hydrogen) atoms. The number of nitriles is 1. The Morgan fingerprint density at radius 3 is 2.85 bits per heavy atom. The summed E-state index contributed by atoms with van der Waals surface area (Å²) < 4.78 is 0. The lowest BCUT2D eigenvalue weighted by molar-refractivity contribution is -0.123. The molecule has 0 atom stereocenters. The maximum atomic E-state index is 11.9. The first-order chi connectivity index (χ1) is 9.52. The molecule has 0 saturated heterocycles. The summed E-state index contributed by atoms with van der Waals surface area (Å²) in [5, 5.41) is 19.6. The van der Waals surface area contributed by atoms with Gasteiger partial charge in [0.25, 0.3) is 0 Å². The zero-order valence-corrected chi connectivity index (χ0v) is 10.4. The van der Waals surface area contributed by atoms with Gasteiger partial charge in [-0.05, 0) is 23.8 Å². The van der Waals surface area contributed by atoms with Crippen LogP contribution in [0.25, 0.3) is 0 Å². The van der Waals surface area contributed by atoms with Crippen molar-refractivity contribution < 1.29 is 19.5 Å². The molecule has 2 amide bonds. The Morgan fingerprint density at radius 2 is 2.20 bits per heavy atom. The number of hydrogen-bond donors (Lipinski definition) is 2. The summed E-state index contributed by atoms with van der Waals surface area (Å²) in [6, 6.07) is 6.11. The van der Waals surface area contributed by atoms with E-state index in [4.69, 9.17) is 10.4 Å². The van der Waals surface area contributed by atoms with Gasteiger partial charge in [0.1, 0.15) is 13.1 Å². The number of hydrogen-bond acceptors (Lipinski definition) is 4. The Morgan fingerprint density at radius 1 is 1.45 bits per heavy atom. The molecule has 7 nitrogen and oxygen atoms in total. The summed E-state index contributed by atoms with van der Waals surface area (Å²) in [7, 11) is 0. The van der Waals surface area contributed by atoms with E-state index in [-0.39, 0.29) is 31.0 Å². The van der Waals surface area contributed by atoms with Gasteiger partial charge < -0.3 is 15.3 Å². The average molecular weight is 273 g/mol. The summed E-state index contributed by atoms with van der Waals surface area (Å²) >= 11 is 0. The fourth-order valence-electron chi connectivity index (χ4n) is 2.03. The van der Waals surface area contributed by atoms with Crippen molar-refractivity contribution in [3.05, 3.63) is 29.3 Å². The number of amides is 2. The van der Waals surface area contributed by atoms with Crippen LogP contribution in [-0.4, -0.2) is 36.0 Å². The van der Waals surface area contributed by atoms with Crippen molar-refractivity contribution in [1.29, 1.82) is 5.26 Å². The number of aromatic carboxylic acids is 1. The van der Waals surface area contributed by atoms with Gasteiger partial charge in [-0.3, -0.25) is 9.59 Å². The van der Waals surface area contributed by atoms with E-state index in [1.54, 1.807) is 6.07 Å².